The predicted molar refractivity (Wildman–Crippen MR) is 46.1 cm³/mol. The van der Waals surface area contributed by atoms with Gasteiger partial charge in [-0.25, -0.2) is 0 Å². The van der Waals surface area contributed by atoms with E-state index < -0.39 is 0 Å². The van der Waals surface area contributed by atoms with Crippen molar-refractivity contribution in [2.24, 2.45) is 0 Å². The van der Waals surface area contributed by atoms with Crippen LogP contribution >= 0.6 is 0 Å². The highest BCUT2D eigenvalue weighted by Crippen LogP contribution is 2.32. The molecule has 2 rings (SSSR count). The van der Waals surface area contributed by atoms with E-state index in [0.717, 1.165) is 6.04 Å². The topological polar surface area (TPSA) is 6.48 Å². The number of nitrogens with zero attached hydrogens (tertiary/aromatic N) is 2. The number of hydrogen-bond acceptors (Lipinski definition) is 2. The fourth-order valence-electron chi connectivity index (χ4n) is 2.18. The Labute approximate surface area is 68.5 Å². The van der Waals surface area contributed by atoms with E-state index in [9.17, 15) is 0 Å². The fraction of sp³-hybridized carbons (Fsp3) is 0.778. The van der Waals surface area contributed by atoms with Crippen LogP contribution in [0.3, 0.4) is 0 Å². The molecule has 2 aliphatic rings. The summed E-state index contributed by atoms with van der Waals surface area (Å²) < 4.78 is 0. The van der Waals surface area contributed by atoms with Gasteiger partial charge in [-0.1, -0.05) is 6.58 Å². The molecule has 2 atom stereocenters. The van der Waals surface area contributed by atoms with Crippen LogP contribution in [-0.2, 0) is 0 Å². The first-order chi connectivity index (χ1) is 5.20. The minimum Gasteiger partial charge on any atom is -0.357 e. The highest BCUT2D eigenvalue weighted by molar-refractivity contribution is 5.08. The van der Waals surface area contributed by atoms with Crippen LogP contribution in [0.4, 0.5) is 0 Å². The fourth-order valence-corrected chi connectivity index (χ4v) is 2.18. The van der Waals surface area contributed by atoms with E-state index >= 15 is 0 Å². The van der Waals surface area contributed by atoms with Gasteiger partial charge in [0.05, 0.1) is 5.82 Å². The first-order valence-corrected chi connectivity index (χ1v) is 4.38. The van der Waals surface area contributed by atoms with Crippen molar-refractivity contribution in [3.05, 3.63) is 12.4 Å². The summed E-state index contributed by atoms with van der Waals surface area (Å²) in [7, 11) is 2.16. The van der Waals surface area contributed by atoms with Crippen molar-refractivity contribution < 1.29 is 0 Å². The molecular formula is C9H16N2. The zero-order valence-electron chi connectivity index (χ0n) is 7.38. The van der Waals surface area contributed by atoms with Crippen LogP contribution < -0.4 is 0 Å². The van der Waals surface area contributed by atoms with Crippen LogP contribution in [-0.4, -0.2) is 35.5 Å². The van der Waals surface area contributed by atoms with Crippen LogP contribution in [0.25, 0.3) is 0 Å². The summed E-state index contributed by atoms with van der Waals surface area (Å²) in [6.45, 7) is 7.58. The Kier molecular flexibility index (Phi) is 1.38. The van der Waals surface area contributed by atoms with Gasteiger partial charge >= 0.3 is 0 Å². The SMILES string of the molecule is C=C1N(C)C2CCC(C)N1C2. The third kappa shape index (κ3) is 0.849. The maximum atomic E-state index is 4.08. The molecule has 0 aromatic rings. The van der Waals surface area contributed by atoms with Crippen LogP contribution in [0.5, 0.6) is 0 Å². The maximum absolute atomic E-state index is 4.08. The molecule has 0 radical (unpaired) electrons. The molecule has 0 saturated carbocycles. The van der Waals surface area contributed by atoms with Crippen LogP contribution in [0, 0.1) is 0 Å². The van der Waals surface area contributed by atoms with Gasteiger partial charge in [-0.2, -0.15) is 0 Å². The number of likely N-dealkylation sites (N-methyl/N-ethyl adjacent to an activating group) is 1. The normalized spacial score (nSPS) is 36.7. The molecule has 2 heterocycles. The first-order valence-electron chi connectivity index (χ1n) is 4.38. The second-order valence-corrected chi connectivity index (χ2v) is 3.76. The van der Waals surface area contributed by atoms with Crippen molar-refractivity contribution in [1.82, 2.24) is 9.80 Å². The molecule has 0 spiro atoms. The Bertz CT molecular complexity index is 188. The molecule has 2 heteroatoms. The Morgan fingerprint density at radius 2 is 2.18 bits per heavy atom. The number of fused-ring (bicyclic) bond motifs is 2. The zero-order valence-corrected chi connectivity index (χ0v) is 7.38. The lowest BCUT2D eigenvalue weighted by Crippen LogP contribution is -2.35. The molecule has 0 aromatic carbocycles. The lowest BCUT2D eigenvalue weighted by molar-refractivity contribution is 0.239. The predicted octanol–water partition coefficient (Wildman–Crippen LogP) is 1.26. The lowest BCUT2D eigenvalue weighted by atomic mass is 10.0. The lowest BCUT2D eigenvalue weighted by Gasteiger charge is -2.29. The molecule has 2 aliphatic heterocycles. The third-order valence-electron chi connectivity index (χ3n) is 3.14. The summed E-state index contributed by atoms with van der Waals surface area (Å²) in [6, 6.07) is 1.46. The van der Waals surface area contributed by atoms with Gasteiger partial charge in [0.2, 0.25) is 0 Å². The van der Waals surface area contributed by atoms with Crippen molar-refractivity contribution in [2.75, 3.05) is 13.6 Å². The zero-order chi connectivity index (χ0) is 8.01. The van der Waals surface area contributed by atoms with Gasteiger partial charge in [-0.15, -0.1) is 0 Å². The average molecular weight is 152 g/mol. The molecule has 2 bridgehead atoms. The molecule has 11 heavy (non-hydrogen) atoms. The van der Waals surface area contributed by atoms with Crippen LogP contribution in [0.2, 0.25) is 0 Å². The quantitative estimate of drug-likeness (QED) is 0.515. The van der Waals surface area contributed by atoms with Gasteiger partial charge in [0.15, 0.2) is 0 Å². The standard InChI is InChI=1S/C9H16N2/c1-7-4-5-9-6-11(7)8(2)10(9)3/h7,9H,2,4-6H2,1,3H3. The Morgan fingerprint density at radius 1 is 1.45 bits per heavy atom. The number of piperidine rings is 1. The van der Waals surface area contributed by atoms with Crippen molar-refractivity contribution in [3.63, 3.8) is 0 Å². The van der Waals surface area contributed by atoms with E-state index in [-0.39, 0.29) is 0 Å². The van der Waals surface area contributed by atoms with E-state index in [0.29, 0.717) is 6.04 Å². The summed E-state index contributed by atoms with van der Waals surface area (Å²) >= 11 is 0. The highest BCUT2D eigenvalue weighted by atomic mass is 15.4. The summed E-state index contributed by atoms with van der Waals surface area (Å²) in [4.78, 5) is 4.75. The molecule has 0 aliphatic carbocycles. The van der Waals surface area contributed by atoms with Gasteiger partial charge in [-0.05, 0) is 19.8 Å². The summed E-state index contributed by atoms with van der Waals surface area (Å²) in [6.07, 6.45) is 2.67. The molecule has 2 nitrogen and oxygen atoms in total. The van der Waals surface area contributed by atoms with Crippen LogP contribution in [0.1, 0.15) is 19.8 Å². The van der Waals surface area contributed by atoms with E-state index in [1.54, 1.807) is 0 Å². The Hall–Kier alpha value is -0.660. The minimum absolute atomic E-state index is 0.712. The number of rotatable bonds is 0. The summed E-state index contributed by atoms with van der Waals surface area (Å²) in [5.74, 6) is 1.22. The monoisotopic (exact) mass is 152 g/mol. The molecule has 0 N–H and O–H groups in total. The minimum atomic E-state index is 0.712. The van der Waals surface area contributed by atoms with E-state index in [1.165, 1.54) is 25.2 Å². The molecule has 62 valence electrons. The second-order valence-electron chi connectivity index (χ2n) is 3.76. The van der Waals surface area contributed by atoms with E-state index in [4.69, 9.17) is 0 Å². The second kappa shape index (κ2) is 2.16. The largest absolute Gasteiger partial charge is 0.357 e. The van der Waals surface area contributed by atoms with Gasteiger partial charge in [-0.3, -0.25) is 0 Å². The molecule has 0 amide bonds. The van der Waals surface area contributed by atoms with Gasteiger partial charge in [0.1, 0.15) is 0 Å². The molecule has 2 saturated heterocycles. The van der Waals surface area contributed by atoms with Gasteiger partial charge in [0.25, 0.3) is 0 Å². The summed E-state index contributed by atoms with van der Waals surface area (Å²) in [5.41, 5.74) is 0. The molecule has 0 aromatic heterocycles. The molecular weight excluding hydrogens is 136 g/mol. The van der Waals surface area contributed by atoms with Gasteiger partial charge in [0, 0.05) is 25.7 Å². The highest BCUT2D eigenvalue weighted by Gasteiger charge is 2.36. The Balaban J connectivity index is 2.22. The van der Waals surface area contributed by atoms with E-state index in [2.05, 4.69) is 30.4 Å². The van der Waals surface area contributed by atoms with Crippen molar-refractivity contribution >= 4 is 0 Å². The van der Waals surface area contributed by atoms with Crippen molar-refractivity contribution in [2.45, 2.75) is 31.8 Å². The average Bonchev–Trinajstić information content (AvgIpc) is 2.24. The Morgan fingerprint density at radius 3 is 2.82 bits per heavy atom. The smallest absolute Gasteiger partial charge is 0.0968 e. The molecule has 2 unspecified atom stereocenters. The first kappa shape index (κ1) is 7.01. The molecule has 2 fully saturated rings. The van der Waals surface area contributed by atoms with Gasteiger partial charge < -0.3 is 9.80 Å². The third-order valence-corrected chi connectivity index (χ3v) is 3.14. The summed E-state index contributed by atoms with van der Waals surface area (Å²) in [5, 5.41) is 0. The van der Waals surface area contributed by atoms with Crippen molar-refractivity contribution in [3.8, 4) is 0 Å². The maximum Gasteiger partial charge on any atom is 0.0968 e. The van der Waals surface area contributed by atoms with Crippen molar-refractivity contribution in [1.29, 1.82) is 0 Å². The number of hydrogen-bond donors (Lipinski definition) is 0. The van der Waals surface area contributed by atoms with Crippen LogP contribution in [0.15, 0.2) is 12.4 Å². The van der Waals surface area contributed by atoms with E-state index in [1.807, 2.05) is 0 Å².